The van der Waals surface area contributed by atoms with Crippen molar-refractivity contribution in [2.24, 2.45) is 0 Å². The minimum absolute atomic E-state index is 0.159. The third kappa shape index (κ3) is 3.34. The number of aromatic carboxylic acids is 1. The standard InChI is InChI=1S/C13H19N3O3S/c1-7(16(3)9-4-5-9)6-14-13-15-10(12(18)19)11(20-13)8(2)17/h7,9H,4-6H2,1-3H3,(H,14,15)(H,18,19). The Kier molecular flexibility index (Phi) is 4.39. The van der Waals surface area contributed by atoms with E-state index in [1.807, 2.05) is 0 Å². The fourth-order valence-corrected chi connectivity index (χ4v) is 2.86. The normalized spacial score (nSPS) is 16.2. The van der Waals surface area contributed by atoms with E-state index in [0.717, 1.165) is 11.3 Å². The zero-order valence-corrected chi connectivity index (χ0v) is 12.7. The Balaban J connectivity index is 2.00. The average Bonchev–Trinajstić information content (AvgIpc) is 3.13. The molecule has 0 aliphatic heterocycles. The van der Waals surface area contributed by atoms with Crippen LogP contribution in [-0.4, -0.2) is 52.4 Å². The topological polar surface area (TPSA) is 82.5 Å². The summed E-state index contributed by atoms with van der Waals surface area (Å²) in [7, 11) is 2.09. The molecule has 1 fully saturated rings. The van der Waals surface area contributed by atoms with Gasteiger partial charge in [-0.2, -0.15) is 0 Å². The van der Waals surface area contributed by atoms with E-state index in [-0.39, 0.29) is 16.4 Å². The number of carboxylic acid groups (broad SMARTS) is 1. The van der Waals surface area contributed by atoms with Crippen LogP contribution < -0.4 is 5.32 Å². The molecular weight excluding hydrogens is 278 g/mol. The first-order chi connectivity index (χ1) is 9.40. The van der Waals surface area contributed by atoms with Gasteiger partial charge < -0.3 is 10.4 Å². The molecule has 1 heterocycles. The molecular formula is C13H19N3O3S. The summed E-state index contributed by atoms with van der Waals surface area (Å²) in [6, 6.07) is 1.01. The highest BCUT2D eigenvalue weighted by atomic mass is 32.1. The maximum Gasteiger partial charge on any atom is 0.356 e. The summed E-state index contributed by atoms with van der Waals surface area (Å²) in [5, 5.41) is 12.6. The van der Waals surface area contributed by atoms with E-state index in [1.165, 1.54) is 19.8 Å². The first kappa shape index (κ1) is 14.9. The van der Waals surface area contributed by atoms with Crippen molar-refractivity contribution >= 4 is 28.2 Å². The molecule has 110 valence electrons. The Hall–Kier alpha value is -1.47. The van der Waals surface area contributed by atoms with Gasteiger partial charge in [-0.15, -0.1) is 0 Å². The number of carbonyl (C=O) groups excluding carboxylic acids is 1. The van der Waals surface area contributed by atoms with Gasteiger partial charge in [0.2, 0.25) is 0 Å². The van der Waals surface area contributed by atoms with Crippen LogP contribution in [0.5, 0.6) is 0 Å². The number of hydrogen-bond donors (Lipinski definition) is 2. The summed E-state index contributed by atoms with van der Waals surface area (Å²) in [4.78, 5) is 28.9. The number of likely N-dealkylation sites (N-methyl/N-ethyl adjacent to an activating group) is 1. The molecule has 20 heavy (non-hydrogen) atoms. The molecule has 2 rings (SSSR count). The Morgan fingerprint density at radius 3 is 2.65 bits per heavy atom. The van der Waals surface area contributed by atoms with Crippen LogP contribution in [0.1, 0.15) is 46.8 Å². The van der Waals surface area contributed by atoms with Crippen molar-refractivity contribution in [3.63, 3.8) is 0 Å². The van der Waals surface area contributed by atoms with Crippen molar-refractivity contribution in [1.82, 2.24) is 9.88 Å². The summed E-state index contributed by atoms with van der Waals surface area (Å²) in [5.74, 6) is -1.43. The molecule has 0 amide bonds. The minimum Gasteiger partial charge on any atom is -0.476 e. The first-order valence-corrected chi connectivity index (χ1v) is 7.42. The van der Waals surface area contributed by atoms with Gasteiger partial charge in [-0.25, -0.2) is 9.78 Å². The van der Waals surface area contributed by atoms with Crippen molar-refractivity contribution < 1.29 is 14.7 Å². The molecule has 0 radical (unpaired) electrons. The lowest BCUT2D eigenvalue weighted by molar-refractivity contribution is 0.0687. The van der Waals surface area contributed by atoms with E-state index in [4.69, 9.17) is 5.11 Å². The first-order valence-electron chi connectivity index (χ1n) is 6.61. The number of hydrogen-bond acceptors (Lipinski definition) is 6. The van der Waals surface area contributed by atoms with Crippen molar-refractivity contribution in [3.05, 3.63) is 10.6 Å². The highest BCUT2D eigenvalue weighted by Gasteiger charge is 2.29. The average molecular weight is 297 g/mol. The molecule has 1 aromatic rings. The predicted octanol–water partition coefficient (Wildman–Crippen LogP) is 1.94. The van der Waals surface area contributed by atoms with Crippen molar-refractivity contribution in [2.75, 3.05) is 18.9 Å². The number of carboxylic acids is 1. The number of aromatic nitrogens is 1. The molecule has 2 N–H and O–H groups in total. The van der Waals surface area contributed by atoms with Crippen LogP contribution in [0.25, 0.3) is 0 Å². The van der Waals surface area contributed by atoms with Crippen LogP contribution in [-0.2, 0) is 0 Å². The molecule has 1 atom stereocenters. The maximum atomic E-state index is 11.4. The van der Waals surface area contributed by atoms with Gasteiger partial charge in [-0.3, -0.25) is 9.69 Å². The van der Waals surface area contributed by atoms with Gasteiger partial charge >= 0.3 is 5.97 Å². The number of thiazole rings is 1. The highest BCUT2D eigenvalue weighted by Crippen LogP contribution is 2.27. The summed E-state index contributed by atoms with van der Waals surface area (Å²) < 4.78 is 0. The second kappa shape index (κ2) is 5.88. The molecule has 6 nitrogen and oxygen atoms in total. The molecule has 0 bridgehead atoms. The van der Waals surface area contributed by atoms with E-state index in [1.54, 1.807) is 0 Å². The molecule has 0 aromatic carbocycles. The summed E-state index contributed by atoms with van der Waals surface area (Å²) in [5.41, 5.74) is -0.159. The SMILES string of the molecule is CC(=O)c1sc(NCC(C)N(C)C2CC2)nc1C(=O)O. The van der Waals surface area contributed by atoms with Crippen molar-refractivity contribution in [2.45, 2.75) is 38.8 Å². The van der Waals surface area contributed by atoms with E-state index in [0.29, 0.717) is 23.8 Å². The van der Waals surface area contributed by atoms with Crippen LogP contribution in [0.4, 0.5) is 5.13 Å². The van der Waals surface area contributed by atoms with Gasteiger partial charge in [0.05, 0.1) is 0 Å². The van der Waals surface area contributed by atoms with Gasteiger partial charge in [-0.1, -0.05) is 11.3 Å². The van der Waals surface area contributed by atoms with Gasteiger partial charge in [0, 0.05) is 25.6 Å². The lowest BCUT2D eigenvalue weighted by atomic mass is 10.3. The zero-order chi connectivity index (χ0) is 14.9. The Morgan fingerprint density at radius 1 is 1.55 bits per heavy atom. The number of nitrogens with zero attached hydrogens (tertiary/aromatic N) is 2. The number of nitrogens with one attached hydrogen (secondary N) is 1. The second-order valence-electron chi connectivity index (χ2n) is 5.18. The van der Waals surface area contributed by atoms with Crippen LogP contribution >= 0.6 is 11.3 Å². The lowest BCUT2D eigenvalue weighted by Gasteiger charge is -2.24. The van der Waals surface area contributed by atoms with Gasteiger partial charge in [0.15, 0.2) is 16.6 Å². The number of rotatable bonds is 7. The van der Waals surface area contributed by atoms with E-state index >= 15 is 0 Å². The quantitative estimate of drug-likeness (QED) is 0.748. The van der Waals surface area contributed by atoms with Crippen molar-refractivity contribution in [1.29, 1.82) is 0 Å². The second-order valence-corrected chi connectivity index (χ2v) is 6.18. The summed E-state index contributed by atoms with van der Waals surface area (Å²) in [6.45, 7) is 4.15. The molecule has 7 heteroatoms. The number of anilines is 1. The number of Topliss-reactive ketones (excluding diaryl/α,β-unsaturated/α-hetero) is 1. The highest BCUT2D eigenvalue weighted by molar-refractivity contribution is 7.17. The molecule has 1 aromatic heterocycles. The number of ketones is 1. The minimum atomic E-state index is -1.16. The molecule has 0 spiro atoms. The Labute approximate surface area is 121 Å². The molecule has 0 saturated heterocycles. The molecule has 1 aliphatic rings. The lowest BCUT2D eigenvalue weighted by Crippen LogP contribution is -2.36. The van der Waals surface area contributed by atoms with Crippen molar-refractivity contribution in [3.8, 4) is 0 Å². The maximum absolute atomic E-state index is 11.4. The fourth-order valence-electron chi connectivity index (χ4n) is 2.00. The summed E-state index contributed by atoms with van der Waals surface area (Å²) >= 11 is 1.10. The molecule has 1 saturated carbocycles. The van der Waals surface area contributed by atoms with Crippen LogP contribution in [0.2, 0.25) is 0 Å². The van der Waals surface area contributed by atoms with Gasteiger partial charge in [0.25, 0.3) is 0 Å². The largest absolute Gasteiger partial charge is 0.476 e. The molecule has 1 aliphatic carbocycles. The van der Waals surface area contributed by atoms with E-state index < -0.39 is 5.97 Å². The summed E-state index contributed by atoms with van der Waals surface area (Å²) in [6.07, 6.45) is 2.49. The van der Waals surface area contributed by atoms with Crippen LogP contribution in [0.15, 0.2) is 0 Å². The Bertz CT molecular complexity index is 493. The van der Waals surface area contributed by atoms with E-state index in [2.05, 4.69) is 29.2 Å². The monoisotopic (exact) mass is 297 g/mol. The number of carbonyl (C=O) groups is 2. The fraction of sp³-hybridized carbons (Fsp3) is 0.615. The zero-order valence-electron chi connectivity index (χ0n) is 11.8. The van der Waals surface area contributed by atoms with Gasteiger partial charge in [-0.05, 0) is 26.8 Å². The van der Waals surface area contributed by atoms with Gasteiger partial charge in [0.1, 0.15) is 4.88 Å². The van der Waals surface area contributed by atoms with Crippen LogP contribution in [0.3, 0.4) is 0 Å². The van der Waals surface area contributed by atoms with Crippen LogP contribution in [0, 0.1) is 0 Å². The third-order valence-corrected chi connectivity index (χ3v) is 4.63. The van der Waals surface area contributed by atoms with E-state index in [9.17, 15) is 9.59 Å². The Morgan fingerprint density at radius 2 is 2.20 bits per heavy atom. The third-order valence-electron chi connectivity index (χ3n) is 3.52. The smallest absolute Gasteiger partial charge is 0.356 e. The predicted molar refractivity (Wildman–Crippen MR) is 77.8 cm³/mol. The molecule has 1 unspecified atom stereocenters.